The lowest BCUT2D eigenvalue weighted by atomic mass is 10.0. The Morgan fingerprint density at radius 2 is 2.21 bits per heavy atom. The van der Waals surface area contributed by atoms with E-state index in [9.17, 15) is 5.11 Å². The number of aromatic hydroxyl groups is 1. The van der Waals surface area contributed by atoms with Gasteiger partial charge in [0.1, 0.15) is 18.1 Å². The molecule has 0 aliphatic carbocycles. The van der Waals surface area contributed by atoms with Gasteiger partial charge in [0.05, 0.1) is 0 Å². The first-order chi connectivity index (χ1) is 6.66. The third-order valence-electron chi connectivity index (χ3n) is 2.66. The first-order valence-electron chi connectivity index (χ1n) is 4.78. The van der Waals surface area contributed by atoms with Crippen molar-refractivity contribution < 1.29 is 9.84 Å². The van der Waals surface area contributed by atoms with Gasteiger partial charge in [0.15, 0.2) is 0 Å². The Labute approximate surface area is 83.9 Å². The monoisotopic (exact) mass is 193 g/mol. The van der Waals surface area contributed by atoms with E-state index < -0.39 is 0 Å². The number of fused-ring (bicyclic) bond motifs is 1. The Kier molecular flexibility index (Phi) is 2.33. The second kappa shape index (κ2) is 3.50. The van der Waals surface area contributed by atoms with E-state index in [0.717, 1.165) is 24.3 Å². The Balaban J connectivity index is 2.24. The Morgan fingerprint density at radius 1 is 1.43 bits per heavy atom. The van der Waals surface area contributed by atoms with Gasteiger partial charge in [-0.1, -0.05) is 0 Å². The van der Waals surface area contributed by atoms with Crippen LogP contribution in [-0.2, 0) is 6.42 Å². The van der Waals surface area contributed by atoms with E-state index in [1.54, 1.807) is 12.1 Å². The van der Waals surface area contributed by atoms with Crippen molar-refractivity contribution in [3.05, 3.63) is 23.8 Å². The molecule has 0 saturated carbocycles. The van der Waals surface area contributed by atoms with Crippen molar-refractivity contribution >= 4 is 0 Å². The summed E-state index contributed by atoms with van der Waals surface area (Å²) in [5.41, 5.74) is 1.09. The van der Waals surface area contributed by atoms with Crippen LogP contribution in [0.5, 0.6) is 11.5 Å². The number of rotatable bonds is 1. The van der Waals surface area contributed by atoms with Gasteiger partial charge in [-0.15, -0.1) is 0 Å². The summed E-state index contributed by atoms with van der Waals surface area (Å²) < 4.78 is 5.60. The van der Waals surface area contributed by atoms with Gasteiger partial charge in [-0.2, -0.15) is 0 Å². The zero-order chi connectivity index (χ0) is 10.1. The molecular formula is C11H15NO2. The molecule has 0 amide bonds. The molecule has 0 spiro atoms. The fourth-order valence-electron chi connectivity index (χ4n) is 1.70. The third kappa shape index (κ3) is 1.68. The van der Waals surface area contributed by atoms with Gasteiger partial charge in [0.25, 0.3) is 0 Å². The second-order valence-electron chi connectivity index (χ2n) is 3.92. The minimum atomic E-state index is 0.312. The zero-order valence-electron chi connectivity index (χ0n) is 8.53. The van der Waals surface area contributed by atoms with Gasteiger partial charge >= 0.3 is 0 Å². The van der Waals surface area contributed by atoms with E-state index in [2.05, 4.69) is 4.90 Å². The maximum Gasteiger partial charge on any atom is 0.122 e. The fraction of sp³-hybridized carbons (Fsp3) is 0.455. The maximum atomic E-state index is 9.34. The zero-order valence-corrected chi connectivity index (χ0v) is 8.53. The Hall–Kier alpha value is -1.22. The molecule has 1 aliphatic rings. The molecule has 1 N–H and O–H groups in total. The van der Waals surface area contributed by atoms with Crippen molar-refractivity contribution in [2.45, 2.75) is 12.5 Å². The molecule has 0 fully saturated rings. The number of ether oxygens (including phenoxy) is 1. The molecule has 1 aromatic rings. The molecule has 0 bridgehead atoms. The summed E-state index contributed by atoms with van der Waals surface area (Å²) in [5, 5.41) is 9.34. The number of nitrogens with zero attached hydrogens (tertiary/aromatic N) is 1. The number of hydrogen-bond donors (Lipinski definition) is 1. The molecule has 0 aromatic heterocycles. The minimum Gasteiger partial charge on any atom is -0.508 e. The highest BCUT2D eigenvalue weighted by Gasteiger charge is 2.21. The van der Waals surface area contributed by atoms with E-state index >= 15 is 0 Å². The van der Waals surface area contributed by atoms with Crippen LogP contribution in [0.25, 0.3) is 0 Å². The number of likely N-dealkylation sites (N-methyl/N-ethyl adjacent to an activating group) is 1. The largest absolute Gasteiger partial charge is 0.508 e. The van der Waals surface area contributed by atoms with Crippen LogP contribution in [0.15, 0.2) is 18.2 Å². The first kappa shape index (κ1) is 9.34. The summed E-state index contributed by atoms with van der Waals surface area (Å²) in [6.07, 6.45) is 0.941. The highest BCUT2D eigenvalue weighted by molar-refractivity contribution is 5.41. The van der Waals surface area contributed by atoms with Crippen LogP contribution in [0.1, 0.15) is 5.56 Å². The van der Waals surface area contributed by atoms with Crippen molar-refractivity contribution in [1.29, 1.82) is 0 Å². The third-order valence-corrected chi connectivity index (χ3v) is 2.66. The average molecular weight is 193 g/mol. The molecule has 3 heteroatoms. The molecule has 76 valence electrons. The van der Waals surface area contributed by atoms with Crippen molar-refractivity contribution in [2.24, 2.45) is 0 Å². The van der Waals surface area contributed by atoms with Gasteiger partial charge in [0.2, 0.25) is 0 Å². The molecule has 1 heterocycles. The van der Waals surface area contributed by atoms with Crippen molar-refractivity contribution in [3.63, 3.8) is 0 Å². The predicted molar refractivity (Wildman–Crippen MR) is 54.8 cm³/mol. The molecule has 3 nitrogen and oxygen atoms in total. The van der Waals surface area contributed by atoms with E-state index in [1.807, 2.05) is 20.2 Å². The van der Waals surface area contributed by atoms with E-state index in [-0.39, 0.29) is 0 Å². The number of hydrogen-bond acceptors (Lipinski definition) is 3. The van der Waals surface area contributed by atoms with Crippen LogP contribution in [0.3, 0.4) is 0 Å². The SMILES string of the molecule is CN(C)C1COc2ccc(O)cc2C1. The second-order valence-corrected chi connectivity index (χ2v) is 3.92. The highest BCUT2D eigenvalue weighted by Crippen LogP contribution is 2.28. The molecule has 1 unspecified atom stereocenters. The highest BCUT2D eigenvalue weighted by atomic mass is 16.5. The molecule has 0 radical (unpaired) electrons. The van der Waals surface area contributed by atoms with Crippen molar-refractivity contribution in [3.8, 4) is 11.5 Å². The van der Waals surface area contributed by atoms with Crippen LogP contribution >= 0.6 is 0 Å². The van der Waals surface area contributed by atoms with Crippen molar-refractivity contribution in [1.82, 2.24) is 4.90 Å². The van der Waals surface area contributed by atoms with Crippen LogP contribution in [0, 0.1) is 0 Å². The molecule has 1 atom stereocenters. The number of phenols is 1. The van der Waals surface area contributed by atoms with E-state index in [1.165, 1.54) is 0 Å². The quantitative estimate of drug-likeness (QED) is 0.728. The molecule has 1 aromatic carbocycles. The lowest BCUT2D eigenvalue weighted by Crippen LogP contribution is -2.38. The summed E-state index contributed by atoms with van der Waals surface area (Å²) in [5.74, 6) is 1.22. The molecule has 1 aliphatic heterocycles. The first-order valence-corrected chi connectivity index (χ1v) is 4.78. The molecule has 14 heavy (non-hydrogen) atoms. The summed E-state index contributed by atoms with van der Waals surface area (Å²) in [6, 6.07) is 5.68. The predicted octanol–water partition coefficient (Wildman–Crippen LogP) is 1.26. The number of phenolic OH excluding ortho intramolecular Hbond substituents is 1. The summed E-state index contributed by atoms with van der Waals surface area (Å²) in [6.45, 7) is 0.727. The van der Waals surface area contributed by atoms with E-state index in [0.29, 0.717) is 11.8 Å². The van der Waals surface area contributed by atoms with Crippen molar-refractivity contribution in [2.75, 3.05) is 20.7 Å². The minimum absolute atomic E-state index is 0.312. The Bertz CT molecular complexity index is 336. The summed E-state index contributed by atoms with van der Waals surface area (Å²) >= 11 is 0. The summed E-state index contributed by atoms with van der Waals surface area (Å²) in [4.78, 5) is 2.15. The maximum absolute atomic E-state index is 9.34. The molecule has 0 saturated heterocycles. The van der Waals surface area contributed by atoms with Gasteiger partial charge < -0.3 is 14.7 Å². The van der Waals surface area contributed by atoms with Crippen LogP contribution in [-0.4, -0.2) is 36.8 Å². The normalized spacial score (nSPS) is 20.4. The average Bonchev–Trinajstić information content (AvgIpc) is 2.16. The number of benzene rings is 1. The smallest absolute Gasteiger partial charge is 0.122 e. The molecule has 2 rings (SSSR count). The van der Waals surface area contributed by atoms with Gasteiger partial charge in [-0.3, -0.25) is 0 Å². The van der Waals surface area contributed by atoms with Crippen LogP contribution in [0.4, 0.5) is 0 Å². The van der Waals surface area contributed by atoms with Gasteiger partial charge in [-0.05, 0) is 44.3 Å². The van der Waals surface area contributed by atoms with Gasteiger partial charge in [-0.25, -0.2) is 0 Å². The Morgan fingerprint density at radius 3 is 2.93 bits per heavy atom. The topological polar surface area (TPSA) is 32.7 Å². The van der Waals surface area contributed by atoms with Crippen LogP contribution < -0.4 is 4.74 Å². The van der Waals surface area contributed by atoms with Gasteiger partial charge in [0, 0.05) is 6.04 Å². The standard InChI is InChI=1S/C11H15NO2/c1-12(2)9-5-8-6-10(13)3-4-11(8)14-7-9/h3-4,6,9,13H,5,7H2,1-2H3. The van der Waals surface area contributed by atoms with Crippen LogP contribution in [0.2, 0.25) is 0 Å². The molecular weight excluding hydrogens is 178 g/mol. The lowest BCUT2D eigenvalue weighted by molar-refractivity contribution is 0.165. The summed E-state index contributed by atoms with van der Waals surface area (Å²) in [7, 11) is 4.09. The van der Waals surface area contributed by atoms with E-state index in [4.69, 9.17) is 4.74 Å². The fourth-order valence-corrected chi connectivity index (χ4v) is 1.70. The lowest BCUT2D eigenvalue weighted by Gasteiger charge is -2.29.